The van der Waals surface area contributed by atoms with E-state index in [0.717, 1.165) is 18.4 Å². The molecule has 0 fully saturated rings. The van der Waals surface area contributed by atoms with Crippen molar-refractivity contribution in [2.45, 2.75) is 52.4 Å². The lowest BCUT2D eigenvalue weighted by Gasteiger charge is -2.14. The lowest BCUT2D eigenvalue weighted by Crippen LogP contribution is -2.12. The summed E-state index contributed by atoms with van der Waals surface area (Å²) in [6, 6.07) is 9.79. The molecule has 1 aromatic carbocycles. The highest BCUT2D eigenvalue weighted by Crippen LogP contribution is 2.15. The van der Waals surface area contributed by atoms with E-state index in [2.05, 4.69) is 13.8 Å². The molecule has 0 amide bonds. The van der Waals surface area contributed by atoms with Crippen LogP contribution in [0.15, 0.2) is 36.4 Å². The SMILES string of the molecule is CCCCCCC(CC)COC(=O)/C=C/c1ccccc1. The highest BCUT2D eigenvalue weighted by atomic mass is 16.5. The Morgan fingerprint density at radius 3 is 2.57 bits per heavy atom. The molecule has 2 nitrogen and oxygen atoms in total. The largest absolute Gasteiger partial charge is 0.462 e. The van der Waals surface area contributed by atoms with Crippen molar-refractivity contribution in [3.8, 4) is 0 Å². The summed E-state index contributed by atoms with van der Waals surface area (Å²) in [4.78, 5) is 11.7. The molecule has 0 spiro atoms. The van der Waals surface area contributed by atoms with Gasteiger partial charge in [0.25, 0.3) is 0 Å². The van der Waals surface area contributed by atoms with E-state index >= 15 is 0 Å². The van der Waals surface area contributed by atoms with Crippen molar-refractivity contribution < 1.29 is 9.53 Å². The van der Waals surface area contributed by atoms with Gasteiger partial charge in [-0.05, 0) is 24.0 Å². The summed E-state index contributed by atoms with van der Waals surface area (Å²) in [6.45, 7) is 4.93. The summed E-state index contributed by atoms with van der Waals surface area (Å²) in [5.41, 5.74) is 1.01. The number of rotatable bonds is 10. The monoisotopic (exact) mass is 288 g/mol. The second-order valence-corrected chi connectivity index (χ2v) is 5.50. The van der Waals surface area contributed by atoms with Crippen LogP contribution in [0.2, 0.25) is 0 Å². The molecule has 116 valence electrons. The van der Waals surface area contributed by atoms with Crippen molar-refractivity contribution in [1.82, 2.24) is 0 Å². The van der Waals surface area contributed by atoms with Gasteiger partial charge in [-0.25, -0.2) is 4.79 Å². The second-order valence-electron chi connectivity index (χ2n) is 5.50. The first kappa shape index (κ1) is 17.5. The van der Waals surface area contributed by atoms with Crippen molar-refractivity contribution in [2.24, 2.45) is 5.92 Å². The maximum atomic E-state index is 11.7. The number of unbranched alkanes of at least 4 members (excludes halogenated alkanes) is 3. The summed E-state index contributed by atoms with van der Waals surface area (Å²) in [5, 5.41) is 0. The molecule has 0 aromatic heterocycles. The maximum absolute atomic E-state index is 11.7. The third-order valence-electron chi connectivity index (χ3n) is 3.72. The molecule has 0 aliphatic heterocycles. The summed E-state index contributed by atoms with van der Waals surface area (Å²) < 4.78 is 5.35. The molecular formula is C19H28O2. The third kappa shape index (κ3) is 8.34. The molecule has 2 heteroatoms. The molecule has 1 rings (SSSR count). The van der Waals surface area contributed by atoms with E-state index in [0.29, 0.717) is 12.5 Å². The van der Waals surface area contributed by atoms with Crippen LogP contribution in [0.1, 0.15) is 57.9 Å². The Balaban J connectivity index is 2.25. The highest BCUT2D eigenvalue weighted by molar-refractivity contribution is 5.87. The summed E-state index contributed by atoms with van der Waals surface area (Å²) in [7, 11) is 0. The van der Waals surface area contributed by atoms with Gasteiger partial charge in [0, 0.05) is 6.08 Å². The van der Waals surface area contributed by atoms with Crippen LogP contribution in [0, 0.1) is 5.92 Å². The molecule has 1 atom stereocenters. The van der Waals surface area contributed by atoms with E-state index in [9.17, 15) is 4.79 Å². The molecular weight excluding hydrogens is 260 g/mol. The van der Waals surface area contributed by atoms with E-state index in [1.165, 1.54) is 31.8 Å². The number of carbonyl (C=O) groups is 1. The van der Waals surface area contributed by atoms with Crippen LogP contribution < -0.4 is 0 Å². The Labute approximate surface area is 129 Å². The highest BCUT2D eigenvalue weighted by Gasteiger charge is 2.08. The maximum Gasteiger partial charge on any atom is 0.330 e. The van der Waals surface area contributed by atoms with E-state index < -0.39 is 0 Å². The van der Waals surface area contributed by atoms with Crippen LogP contribution in [-0.2, 0) is 9.53 Å². The van der Waals surface area contributed by atoms with Gasteiger partial charge >= 0.3 is 5.97 Å². The first-order valence-corrected chi connectivity index (χ1v) is 8.16. The zero-order chi connectivity index (χ0) is 15.3. The zero-order valence-corrected chi connectivity index (χ0v) is 13.4. The number of hydrogen-bond donors (Lipinski definition) is 0. The Morgan fingerprint density at radius 2 is 1.90 bits per heavy atom. The van der Waals surface area contributed by atoms with Crippen molar-refractivity contribution in [2.75, 3.05) is 6.61 Å². The number of benzene rings is 1. The van der Waals surface area contributed by atoms with Crippen LogP contribution in [0.4, 0.5) is 0 Å². The Bertz CT molecular complexity index is 409. The van der Waals surface area contributed by atoms with Gasteiger partial charge in [0.15, 0.2) is 0 Å². The average Bonchev–Trinajstić information content (AvgIpc) is 2.53. The van der Waals surface area contributed by atoms with Crippen LogP contribution in [0.5, 0.6) is 0 Å². The second kappa shape index (κ2) is 11.1. The van der Waals surface area contributed by atoms with Gasteiger partial charge in [-0.1, -0.05) is 76.3 Å². The van der Waals surface area contributed by atoms with Crippen molar-refractivity contribution in [3.63, 3.8) is 0 Å². The number of hydrogen-bond acceptors (Lipinski definition) is 2. The third-order valence-corrected chi connectivity index (χ3v) is 3.72. The van der Waals surface area contributed by atoms with E-state index in [1.807, 2.05) is 30.3 Å². The molecule has 1 aromatic rings. The normalized spacial score (nSPS) is 12.5. The van der Waals surface area contributed by atoms with Crippen molar-refractivity contribution in [3.05, 3.63) is 42.0 Å². The number of carbonyl (C=O) groups excluding carboxylic acids is 1. The van der Waals surface area contributed by atoms with Crippen molar-refractivity contribution >= 4 is 12.0 Å². The molecule has 0 aliphatic carbocycles. The Morgan fingerprint density at radius 1 is 1.14 bits per heavy atom. The topological polar surface area (TPSA) is 26.3 Å². The standard InChI is InChI=1S/C19H28O2/c1-3-5-6-8-11-17(4-2)16-21-19(20)15-14-18-12-9-7-10-13-18/h7,9-10,12-15,17H,3-6,8,11,16H2,1-2H3/b15-14+. The smallest absolute Gasteiger partial charge is 0.330 e. The fourth-order valence-electron chi connectivity index (χ4n) is 2.24. The predicted molar refractivity (Wildman–Crippen MR) is 89.0 cm³/mol. The number of ether oxygens (including phenoxy) is 1. The Hall–Kier alpha value is -1.57. The van der Waals surface area contributed by atoms with E-state index in [-0.39, 0.29) is 5.97 Å². The summed E-state index contributed by atoms with van der Waals surface area (Å²) in [5.74, 6) is 0.252. The molecule has 0 aliphatic rings. The van der Waals surface area contributed by atoms with Crippen LogP contribution in [0.3, 0.4) is 0 Å². The molecule has 0 saturated heterocycles. The first-order valence-electron chi connectivity index (χ1n) is 8.16. The van der Waals surface area contributed by atoms with Gasteiger partial charge in [-0.15, -0.1) is 0 Å². The lowest BCUT2D eigenvalue weighted by molar-refractivity contribution is -0.139. The fourth-order valence-corrected chi connectivity index (χ4v) is 2.24. The Kier molecular flexibility index (Phi) is 9.26. The van der Waals surface area contributed by atoms with Crippen LogP contribution in [-0.4, -0.2) is 12.6 Å². The predicted octanol–water partition coefficient (Wildman–Crippen LogP) is 5.24. The minimum Gasteiger partial charge on any atom is -0.462 e. The van der Waals surface area contributed by atoms with Gasteiger partial charge in [0.2, 0.25) is 0 Å². The van der Waals surface area contributed by atoms with Gasteiger partial charge < -0.3 is 4.74 Å². The molecule has 0 N–H and O–H groups in total. The molecule has 0 radical (unpaired) electrons. The number of esters is 1. The minimum atomic E-state index is -0.245. The van der Waals surface area contributed by atoms with E-state index in [1.54, 1.807) is 6.08 Å². The van der Waals surface area contributed by atoms with Gasteiger partial charge in [-0.3, -0.25) is 0 Å². The lowest BCUT2D eigenvalue weighted by atomic mass is 9.99. The summed E-state index contributed by atoms with van der Waals surface area (Å²) in [6.07, 6.45) is 10.6. The summed E-state index contributed by atoms with van der Waals surface area (Å²) >= 11 is 0. The van der Waals surface area contributed by atoms with Crippen molar-refractivity contribution in [1.29, 1.82) is 0 Å². The van der Waals surface area contributed by atoms with Gasteiger partial charge in [0.1, 0.15) is 0 Å². The molecule has 21 heavy (non-hydrogen) atoms. The average molecular weight is 288 g/mol. The van der Waals surface area contributed by atoms with E-state index in [4.69, 9.17) is 4.74 Å². The fraction of sp³-hybridized carbons (Fsp3) is 0.526. The van der Waals surface area contributed by atoms with Crippen LogP contribution >= 0.6 is 0 Å². The zero-order valence-electron chi connectivity index (χ0n) is 13.4. The quantitative estimate of drug-likeness (QED) is 0.334. The molecule has 0 saturated carbocycles. The molecule has 1 unspecified atom stereocenters. The minimum absolute atomic E-state index is 0.245. The van der Waals surface area contributed by atoms with Gasteiger partial charge in [0.05, 0.1) is 6.61 Å². The first-order chi connectivity index (χ1) is 10.3. The van der Waals surface area contributed by atoms with Crippen LogP contribution in [0.25, 0.3) is 6.08 Å². The molecule has 0 heterocycles. The van der Waals surface area contributed by atoms with Gasteiger partial charge in [-0.2, -0.15) is 0 Å². The molecule has 0 bridgehead atoms.